The van der Waals surface area contributed by atoms with Gasteiger partial charge in [-0.2, -0.15) is 0 Å². The Hall–Kier alpha value is 1.11. The Morgan fingerprint density at radius 1 is 1.25 bits per heavy atom. The smallest absolute Gasteiger partial charge is 0.512 e. The molecule has 0 saturated carbocycles. The third-order valence-electron chi connectivity index (χ3n) is 0. The summed E-state index contributed by atoms with van der Waals surface area (Å²) < 4.78 is 0. The fourth-order valence-corrected chi connectivity index (χ4v) is 0. The summed E-state index contributed by atoms with van der Waals surface area (Å²) in [5.41, 5.74) is 0. The third kappa shape index (κ3) is 11.2. The van der Waals surface area contributed by atoms with E-state index in [9.17, 15) is 0 Å². The summed E-state index contributed by atoms with van der Waals surface area (Å²) in [7, 11) is 0. The van der Waals surface area contributed by atoms with E-state index >= 15 is 0 Å². The molecule has 0 spiro atoms. The molecule has 19 valence electrons. The Bertz CT molecular complexity index is 12.8. The Kier molecular flexibility index (Phi) is 156. The molecular weight excluding hydrogens is 152 g/mol. The van der Waals surface area contributed by atoms with Crippen molar-refractivity contribution >= 4 is 0 Å². The van der Waals surface area contributed by atoms with Crippen molar-refractivity contribution in [2.75, 3.05) is 0 Å². The van der Waals surface area contributed by atoms with Crippen LogP contribution in [0.1, 0.15) is 0 Å². The molecule has 4 heavy (non-hydrogen) atoms. The molecule has 0 unspecified atom stereocenters. The molecule has 0 rings (SSSR count). The van der Waals surface area contributed by atoms with E-state index in [0.29, 0.717) is 0 Å². The summed E-state index contributed by atoms with van der Waals surface area (Å²) in [5.74, 6) is 0. The molecule has 0 aromatic heterocycles. The first-order chi connectivity index (χ1) is 1.00. The van der Waals surface area contributed by atoms with Crippen LogP contribution in [0.3, 0.4) is 0 Å². The van der Waals surface area contributed by atoms with Crippen molar-refractivity contribution in [3.63, 3.8) is 0 Å². The molecule has 0 amide bonds. The number of hydrogen-bond donors (Lipinski definition) is 0. The second-order valence-corrected chi connectivity index (χ2v) is 0. The molecule has 0 aromatic carbocycles. The summed E-state index contributed by atoms with van der Waals surface area (Å²) in [6, 6.07) is 0. The summed E-state index contributed by atoms with van der Waals surface area (Å²) >= 11 is 0. The van der Waals surface area contributed by atoms with Crippen LogP contribution in [0.4, 0.5) is 0 Å². The monoisotopic (exact) mass is 152 g/mol. The first-order valence-electron chi connectivity index (χ1n) is 0.224. The van der Waals surface area contributed by atoms with Crippen LogP contribution in [0.25, 0.3) is 0 Å². The van der Waals surface area contributed by atoms with Gasteiger partial charge < -0.3 is 11.8 Å². The van der Waals surface area contributed by atoms with Crippen LogP contribution >= 0.6 is 0 Å². The third-order valence-corrected chi connectivity index (χ3v) is 0. The zero-order valence-electron chi connectivity index (χ0n) is 2.28. The van der Waals surface area contributed by atoms with E-state index in [-0.39, 0.29) is 49.0 Å². The molecule has 0 atom stereocenters. The van der Waals surface area contributed by atoms with Gasteiger partial charge in [-0.1, -0.05) is 0 Å². The second kappa shape index (κ2) is 32.2. The first kappa shape index (κ1) is 19.4. The SMILES string of the molecule is [C-]#N.[Na+].[Rh]. The first-order valence-corrected chi connectivity index (χ1v) is 0.224. The van der Waals surface area contributed by atoms with Crippen LogP contribution in [0.5, 0.6) is 0 Å². The minimum absolute atomic E-state index is 0. The largest absolute Gasteiger partial charge is 1.00 e. The fraction of sp³-hybridized carbons (Fsp3) is 0. The molecule has 0 saturated heterocycles. The molecule has 0 fully saturated rings. The molecule has 1 nitrogen and oxygen atoms in total. The molecular formula is CNNaRh. The molecule has 0 aliphatic heterocycles. The molecule has 1 radical (unpaired) electrons. The van der Waals surface area contributed by atoms with Crippen LogP contribution in [0.15, 0.2) is 0 Å². The van der Waals surface area contributed by atoms with Crippen LogP contribution < -0.4 is 29.6 Å². The summed E-state index contributed by atoms with van der Waals surface area (Å²) in [6.07, 6.45) is 0. The van der Waals surface area contributed by atoms with Gasteiger partial charge in [0.1, 0.15) is 0 Å². The van der Waals surface area contributed by atoms with E-state index in [1.54, 1.807) is 0 Å². The summed E-state index contributed by atoms with van der Waals surface area (Å²) in [5, 5.41) is 6.25. The van der Waals surface area contributed by atoms with Gasteiger partial charge in [-0.3, -0.25) is 0 Å². The summed E-state index contributed by atoms with van der Waals surface area (Å²) in [6.45, 7) is 4.75. The van der Waals surface area contributed by atoms with Crippen LogP contribution in [-0.4, -0.2) is 0 Å². The van der Waals surface area contributed by atoms with E-state index in [0.717, 1.165) is 0 Å². The number of rotatable bonds is 0. The molecule has 0 aliphatic carbocycles. The van der Waals surface area contributed by atoms with Crippen molar-refractivity contribution in [2.24, 2.45) is 0 Å². The predicted molar refractivity (Wildman–Crippen MR) is 4.97 cm³/mol. The quantitative estimate of drug-likeness (QED) is 0.270. The van der Waals surface area contributed by atoms with Crippen molar-refractivity contribution in [2.45, 2.75) is 0 Å². The summed E-state index contributed by atoms with van der Waals surface area (Å²) in [4.78, 5) is 0. The minimum Gasteiger partial charge on any atom is -0.512 e. The zero-order valence-corrected chi connectivity index (χ0v) is 5.92. The molecule has 0 aromatic rings. The molecule has 3 heteroatoms. The maximum atomic E-state index is 6.25. The van der Waals surface area contributed by atoms with Gasteiger partial charge in [0.05, 0.1) is 0 Å². The predicted octanol–water partition coefficient (Wildman–Crippen LogP) is -2.90. The molecule has 0 heterocycles. The van der Waals surface area contributed by atoms with Gasteiger partial charge in [0.2, 0.25) is 0 Å². The van der Waals surface area contributed by atoms with Crippen molar-refractivity contribution in [1.29, 1.82) is 5.26 Å². The average molecular weight is 152 g/mol. The minimum atomic E-state index is 0. The average Bonchev–Trinajstić information content (AvgIpc) is 1.00. The molecule has 0 aliphatic rings. The Morgan fingerprint density at radius 2 is 1.25 bits per heavy atom. The van der Waals surface area contributed by atoms with Gasteiger partial charge in [-0.15, -0.1) is 0 Å². The fourth-order valence-electron chi connectivity index (χ4n) is 0. The van der Waals surface area contributed by atoms with Gasteiger partial charge in [0, 0.05) is 19.5 Å². The molecule has 0 bridgehead atoms. The standard InChI is InChI=1S/CN.Na.Rh/c1-2;;/q-1;+1;. The zero-order chi connectivity index (χ0) is 2.00. The van der Waals surface area contributed by atoms with Crippen LogP contribution in [0.2, 0.25) is 0 Å². The maximum Gasteiger partial charge on any atom is 1.00 e. The maximum absolute atomic E-state index is 6.25. The normalized spacial score (nSPS) is 0.500. The molecule has 0 N–H and O–H groups in total. The Labute approximate surface area is 60.4 Å². The number of hydrogen-bond acceptors (Lipinski definition) is 1. The Morgan fingerprint density at radius 3 is 1.25 bits per heavy atom. The van der Waals surface area contributed by atoms with Crippen molar-refractivity contribution in [3.05, 3.63) is 6.57 Å². The van der Waals surface area contributed by atoms with E-state index < -0.39 is 0 Å². The van der Waals surface area contributed by atoms with E-state index in [1.807, 2.05) is 0 Å². The van der Waals surface area contributed by atoms with Gasteiger partial charge >= 0.3 is 29.6 Å². The second-order valence-electron chi connectivity index (χ2n) is 0. The van der Waals surface area contributed by atoms with Crippen LogP contribution in [-0.2, 0) is 19.5 Å². The van der Waals surface area contributed by atoms with Crippen molar-refractivity contribution in [3.8, 4) is 0 Å². The van der Waals surface area contributed by atoms with Gasteiger partial charge in [-0.25, -0.2) is 0 Å². The van der Waals surface area contributed by atoms with E-state index in [1.165, 1.54) is 0 Å². The van der Waals surface area contributed by atoms with Crippen molar-refractivity contribution in [1.82, 2.24) is 0 Å². The topological polar surface area (TPSA) is 23.8 Å². The van der Waals surface area contributed by atoms with E-state index in [4.69, 9.17) is 11.8 Å². The van der Waals surface area contributed by atoms with Crippen molar-refractivity contribution < 1.29 is 49.0 Å². The van der Waals surface area contributed by atoms with E-state index in [2.05, 4.69) is 0 Å². The van der Waals surface area contributed by atoms with Crippen LogP contribution in [0, 0.1) is 11.8 Å². The van der Waals surface area contributed by atoms with Gasteiger partial charge in [-0.05, 0) is 0 Å². The Balaban J connectivity index is -0.00000000500. The van der Waals surface area contributed by atoms with Gasteiger partial charge in [0.15, 0.2) is 0 Å². The number of nitrogens with zero attached hydrogens (tertiary/aromatic N) is 1. The van der Waals surface area contributed by atoms with Gasteiger partial charge in [0.25, 0.3) is 0 Å².